The van der Waals surface area contributed by atoms with E-state index in [9.17, 15) is 0 Å². The van der Waals surface area contributed by atoms with E-state index in [1.807, 2.05) is 0 Å². The Morgan fingerprint density at radius 3 is 1.40 bits per heavy atom. The molecule has 0 saturated heterocycles. The van der Waals surface area contributed by atoms with E-state index in [0.717, 1.165) is 11.4 Å². The number of benzene rings is 7. The van der Waals surface area contributed by atoms with Crippen LogP contribution < -0.4 is 5.32 Å². The maximum Gasteiger partial charge on any atom is 0.0725 e. The van der Waals surface area contributed by atoms with Crippen molar-refractivity contribution in [2.75, 3.05) is 5.32 Å². The van der Waals surface area contributed by atoms with Gasteiger partial charge in [-0.3, -0.25) is 0 Å². The van der Waals surface area contributed by atoms with E-state index in [2.05, 4.69) is 151 Å². The number of nitrogens with one attached hydrogen (secondary N) is 1. The molecule has 0 bridgehead atoms. The van der Waals surface area contributed by atoms with Gasteiger partial charge in [0, 0.05) is 16.5 Å². The molecule has 1 spiro atoms. The molecule has 2 aliphatic rings. The summed E-state index contributed by atoms with van der Waals surface area (Å²) in [6.45, 7) is 0. The minimum atomic E-state index is -0.302. The second-order valence-corrected chi connectivity index (χ2v) is 11.0. The average Bonchev–Trinajstić information content (AvgIpc) is 3.48. The Bertz CT molecular complexity index is 2050. The topological polar surface area (TPSA) is 12.0 Å². The van der Waals surface area contributed by atoms with Gasteiger partial charge < -0.3 is 5.32 Å². The molecule has 9 rings (SSSR count). The van der Waals surface area contributed by atoms with Gasteiger partial charge in [0.25, 0.3) is 0 Å². The maximum atomic E-state index is 3.87. The third-order valence-corrected chi connectivity index (χ3v) is 9.04. The summed E-state index contributed by atoms with van der Waals surface area (Å²) >= 11 is 0. The van der Waals surface area contributed by atoms with Gasteiger partial charge in [-0.05, 0) is 73.5 Å². The molecule has 186 valence electrons. The molecule has 0 heterocycles. The first-order valence-corrected chi connectivity index (χ1v) is 14.0. The lowest BCUT2D eigenvalue weighted by Gasteiger charge is -2.30. The Morgan fingerprint density at radius 1 is 0.375 bits per heavy atom. The van der Waals surface area contributed by atoms with Gasteiger partial charge in [0.2, 0.25) is 0 Å². The highest BCUT2D eigenvalue weighted by Crippen LogP contribution is 2.62. The summed E-state index contributed by atoms with van der Waals surface area (Å²) in [5.74, 6) is 0. The van der Waals surface area contributed by atoms with Crippen molar-refractivity contribution in [1.29, 1.82) is 0 Å². The van der Waals surface area contributed by atoms with Crippen LogP contribution in [0.5, 0.6) is 0 Å². The third-order valence-electron chi connectivity index (χ3n) is 9.04. The lowest BCUT2D eigenvalue weighted by atomic mass is 9.70. The summed E-state index contributed by atoms with van der Waals surface area (Å²) in [6.07, 6.45) is 0. The molecule has 1 heteroatoms. The zero-order chi connectivity index (χ0) is 26.3. The average molecular weight is 508 g/mol. The maximum absolute atomic E-state index is 3.87. The fraction of sp³-hybridized carbons (Fsp3) is 0.0256. The van der Waals surface area contributed by atoms with Crippen LogP contribution in [0, 0.1) is 0 Å². The largest absolute Gasteiger partial charge is 0.354 e. The SMILES string of the molecule is c1ccc2c(c1)-c1ccccc1C21c2ccccc2-c2cc(Nc3c4ccccc4cc4ccccc34)ccc21. The second kappa shape index (κ2) is 7.94. The van der Waals surface area contributed by atoms with E-state index >= 15 is 0 Å². The standard InChI is InChI=1S/C39H25N/c1-3-13-28-25(11-1)23-26-12-2-4-14-29(26)38(28)40-27-21-22-37-33(24-27)32-17-7-10-20-36(32)39(37)34-18-8-5-15-30(34)31-16-6-9-19-35(31)39/h1-24,40H. The predicted octanol–water partition coefficient (Wildman–Crippen LogP) is 10.1. The molecular weight excluding hydrogens is 482 g/mol. The second-order valence-electron chi connectivity index (χ2n) is 11.0. The molecule has 0 amide bonds. The highest BCUT2D eigenvalue weighted by Gasteiger charge is 2.51. The molecule has 1 N–H and O–H groups in total. The Morgan fingerprint density at radius 2 is 0.825 bits per heavy atom. The Labute approximate surface area is 233 Å². The van der Waals surface area contributed by atoms with Crippen LogP contribution >= 0.6 is 0 Å². The molecule has 7 aromatic rings. The summed E-state index contributed by atoms with van der Waals surface area (Å²) in [5, 5.41) is 8.82. The molecule has 0 aromatic heterocycles. The fourth-order valence-corrected chi connectivity index (χ4v) is 7.47. The molecular formula is C39H25N. The van der Waals surface area contributed by atoms with Gasteiger partial charge in [-0.15, -0.1) is 0 Å². The Balaban J connectivity index is 1.29. The van der Waals surface area contributed by atoms with Crippen LogP contribution in [0.3, 0.4) is 0 Å². The van der Waals surface area contributed by atoms with E-state index in [1.165, 1.54) is 66.1 Å². The Kier molecular flexibility index (Phi) is 4.32. The summed E-state index contributed by atoms with van der Waals surface area (Å²) in [7, 11) is 0. The normalized spacial score (nSPS) is 13.7. The molecule has 0 radical (unpaired) electrons. The minimum Gasteiger partial charge on any atom is -0.354 e. The van der Waals surface area contributed by atoms with Gasteiger partial charge in [-0.25, -0.2) is 0 Å². The minimum absolute atomic E-state index is 0.302. The van der Waals surface area contributed by atoms with Crippen LogP contribution in [0.25, 0.3) is 43.8 Å². The number of anilines is 2. The number of hydrogen-bond donors (Lipinski definition) is 1. The molecule has 7 aromatic carbocycles. The van der Waals surface area contributed by atoms with Crippen molar-refractivity contribution in [2.24, 2.45) is 0 Å². The zero-order valence-electron chi connectivity index (χ0n) is 21.9. The van der Waals surface area contributed by atoms with Gasteiger partial charge in [0.15, 0.2) is 0 Å². The van der Waals surface area contributed by atoms with Crippen molar-refractivity contribution in [3.8, 4) is 22.3 Å². The first-order chi connectivity index (χ1) is 19.8. The van der Waals surface area contributed by atoms with Crippen LogP contribution in [0.4, 0.5) is 11.4 Å². The first-order valence-electron chi connectivity index (χ1n) is 14.0. The summed E-state index contributed by atoms with van der Waals surface area (Å²) in [6, 6.07) is 53.5. The third kappa shape index (κ3) is 2.71. The summed E-state index contributed by atoms with van der Waals surface area (Å²) < 4.78 is 0. The van der Waals surface area contributed by atoms with Crippen molar-refractivity contribution in [2.45, 2.75) is 5.41 Å². The van der Waals surface area contributed by atoms with Gasteiger partial charge in [-0.1, -0.05) is 127 Å². The first kappa shape index (κ1) is 21.8. The van der Waals surface area contributed by atoms with Crippen LogP contribution in [0.1, 0.15) is 22.3 Å². The highest BCUT2D eigenvalue weighted by molar-refractivity contribution is 6.12. The van der Waals surface area contributed by atoms with Crippen molar-refractivity contribution in [3.63, 3.8) is 0 Å². The van der Waals surface area contributed by atoms with Crippen LogP contribution in [-0.4, -0.2) is 0 Å². The highest BCUT2D eigenvalue weighted by atomic mass is 14.9. The van der Waals surface area contributed by atoms with E-state index in [-0.39, 0.29) is 5.41 Å². The van der Waals surface area contributed by atoms with Crippen molar-refractivity contribution in [3.05, 3.63) is 168 Å². The quantitative estimate of drug-likeness (QED) is 0.230. The lowest BCUT2D eigenvalue weighted by molar-refractivity contribution is 0.794. The molecule has 1 nitrogen and oxygen atoms in total. The van der Waals surface area contributed by atoms with Crippen LogP contribution in [-0.2, 0) is 5.41 Å². The lowest BCUT2D eigenvalue weighted by Crippen LogP contribution is -2.25. The summed E-state index contributed by atoms with van der Waals surface area (Å²) in [5.41, 5.74) is 12.7. The number of hydrogen-bond acceptors (Lipinski definition) is 1. The van der Waals surface area contributed by atoms with E-state index in [4.69, 9.17) is 0 Å². The smallest absolute Gasteiger partial charge is 0.0725 e. The van der Waals surface area contributed by atoms with E-state index in [1.54, 1.807) is 0 Å². The van der Waals surface area contributed by atoms with Gasteiger partial charge in [-0.2, -0.15) is 0 Å². The van der Waals surface area contributed by atoms with Crippen LogP contribution in [0.15, 0.2) is 146 Å². The summed E-state index contributed by atoms with van der Waals surface area (Å²) in [4.78, 5) is 0. The number of rotatable bonds is 2. The molecule has 0 atom stereocenters. The molecule has 0 unspecified atom stereocenters. The number of fused-ring (bicyclic) bond motifs is 12. The van der Waals surface area contributed by atoms with Crippen molar-refractivity contribution >= 4 is 32.9 Å². The van der Waals surface area contributed by atoms with E-state index < -0.39 is 0 Å². The molecule has 0 fully saturated rings. The Hall–Kier alpha value is -5.14. The van der Waals surface area contributed by atoms with Gasteiger partial charge >= 0.3 is 0 Å². The molecule has 2 aliphatic carbocycles. The monoisotopic (exact) mass is 507 g/mol. The van der Waals surface area contributed by atoms with Gasteiger partial charge in [0.1, 0.15) is 0 Å². The molecule has 0 saturated carbocycles. The molecule has 0 aliphatic heterocycles. The van der Waals surface area contributed by atoms with Crippen LogP contribution in [0.2, 0.25) is 0 Å². The fourth-order valence-electron chi connectivity index (χ4n) is 7.47. The van der Waals surface area contributed by atoms with Crippen molar-refractivity contribution in [1.82, 2.24) is 0 Å². The zero-order valence-corrected chi connectivity index (χ0v) is 21.9. The van der Waals surface area contributed by atoms with Crippen molar-refractivity contribution < 1.29 is 0 Å². The van der Waals surface area contributed by atoms with Gasteiger partial charge in [0.05, 0.1) is 11.1 Å². The van der Waals surface area contributed by atoms with E-state index in [0.29, 0.717) is 0 Å². The molecule has 40 heavy (non-hydrogen) atoms. The predicted molar refractivity (Wildman–Crippen MR) is 167 cm³/mol.